The lowest BCUT2D eigenvalue weighted by Crippen LogP contribution is -2.37. The van der Waals surface area contributed by atoms with Gasteiger partial charge in [-0.05, 0) is 19.4 Å². The summed E-state index contributed by atoms with van der Waals surface area (Å²) in [6.45, 7) is 9.65. The van der Waals surface area contributed by atoms with Crippen molar-refractivity contribution in [3.05, 3.63) is 22.4 Å². The summed E-state index contributed by atoms with van der Waals surface area (Å²) >= 11 is 0. The van der Waals surface area contributed by atoms with Gasteiger partial charge in [0.2, 0.25) is 5.41 Å². The predicted octanol–water partition coefficient (Wildman–Crippen LogP) is 2.30. The average Bonchev–Trinajstić information content (AvgIpc) is 2.40. The van der Waals surface area contributed by atoms with Gasteiger partial charge >= 0.3 is 11.9 Å². The number of rotatable bonds is 3. The summed E-state index contributed by atoms with van der Waals surface area (Å²) in [7, 11) is -1.73. The van der Waals surface area contributed by atoms with Crippen LogP contribution in [0.15, 0.2) is 22.4 Å². The highest BCUT2D eigenvalue weighted by Crippen LogP contribution is 2.44. The Morgan fingerprint density at radius 2 is 1.53 bits per heavy atom. The van der Waals surface area contributed by atoms with Crippen LogP contribution in [0.4, 0.5) is 0 Å². The highest BCUT2D eigenvalue weighted by atomic mass is 28.3. The van der Waals surface area contributed by atoms with Crippen molar-refractivity contribution in [3.8, 4) is 0 Å². The van der Waals surface area contributed by atoms with Gasteiger partial charge < -0.3 is 10.2 Å². The summed E-state index contributed by atoms with van der Waals surface area (Å²) in [5.41, 5.74) is -0.608. The van der Waals surface area contributed by atoms with E-state index < -0.39 is 25.4 Å². The van der Waals surface area contributed by atoms with E-state index in [1.807, 2.05) is 6.92 Å². The van der Waals surface area contributed by atoms with Crippen molar-refractivity contribution in [2.24, 2.45) is 5.41 Å². The van der Waals surface area contributed by atoms with Crippen molar-refractivity contribution in [3.63, 3.8) is 0 Å². The predicted molar refractivity (Wildman–Crippen MR) is 67.5 cm³/mol. The van der Waals surface area contributed by atoms with Gasteiger partial charge in [-0.2, -0.15) is 0 Å². The summed E-state index contributed by atoms with van der Waals surface area (Å²) in [4.78, 5) is 22.7. The molecule has 0 saturated carbocycles. The van der Waals surface area contributed by atoms with Gasteiger partial charge in [0.25, 0.3) is 0 Å². The van der Waals surface area contributed by atoms with Crippen molar-refractivity contribution in [1.29, 1.82) is 0 Å². The van der Waals surface area contributed by atoms with Crippen LogP contribution in [0.1, 0.15) is 13.8 Å². The molecule has 17 heavy (non-hydrogen) atoms. The normalized spacial score (nSPS) is 19.2. The van der Waals surface area contributed by atoms with Crippen LogP contribution in [0.25, 0.3) is 0 Å². The Hall–Kier alpha value is -1.36. The zero-order valence-electron chi connectivity index (χ0n) is 10.8. The zero-order chi connectivity index (χ0) is 13.6. The molecule has 0 bridgehead atoms. The van der Waals surface area contributed by atoms with Gasteiger partial charge in [0.15, 0.2) is 0 Å². The summed E-state index contributed by atoms with van der Waals surface area (Å²) in [6, 6.07) is 0. The fourth-order valence-electron chi connectivity index (χ4n) is 2.25. The first-order valence-corrected chi connectivity index (χ1v) is 8.93. The van der Waals surface area contributed by atoms with Crippen molar-refractivity contribution in [1.82, 2.24) is 0 Å². The molecule has 0 aromatic heterocycles. The second kappa shape index (κ2) is 3.84. The van der Waals surface area contributed by atoms with E-state index in [2.05, 4.69) is 19.6 Å². The maximum atomic E-state index is 11.3. The van der Waals surface area contributed by atoms with Gasteiger partial charge in [0, 0.05) is 0 Å². The second-order valence-corrected chi connectivity index (χ2v) is 10.5. The minimum atomic E-state index is -1.86. The lowest BCUT2D eigenvalue weighted by Gasteiger charge is -2.19. The number of aliphatic carboxylic acids is 2. The summed E-state index contributed by atoms with van der Waals surface area (Å²) < 4.78 is 0. The number of allylic oxidation sites excluding steroid dienone is 2. The molecule has 0 atom stereocenters. The van der Waals surface area contributed by atoms with E-state index >= 15 is 0 Å². The molecule has 0 aromatic carbocycles. The third-order valence-corrected chi connectivity index (χ3v) is 5.54. The van der Waals surface area contributed by atoms with Crippen molar-refractivity contribution < 1.29 is 19.8 Å². The molecule has 0 aliphatic heterocycles. The lowest BCUT2D eigenvalue weighted by molar-refractivity contribution is -0.157. The molecule has 0 amide bonds. The molecule has 5 heteroatoms. The molecule has 94 valence electrons. The number of hydrogen-bond acceptors (Lipinski definition) is 2. The van der Waals surface area contributed by atoms with E-state index in [-0.39, 0.29) is 0 Å². The highest BCUT2D eigenvalue weighted by Gasteiger charge is 2.51. The Kier molecular flexibility index (Phi) is 3.09. The van der Waals surface area contributed by atoms with Crippen molar-refractivity contribution >= 4 is 20.0 Å². The zero-order valence-corrected chi connectivity index (χ0v) is 11.8. The van der Waals surface area contributed by atoms with Gasteiger partial charge in [-0.3, -0.25) is 9.59 Å². The molecule has 1 rings (SSSR count). The smallest absolute Gasteiger partial charge is 0.329 e. The number of hydrogen-bond donors (Lipinski definition) is 2. The Bertz CT molecular complexity index is 438. The van der Waals surface area contributed by atoms with Crippen LogP contribution in [-0.2, 0) is 9.59 Å². The van der Waals surface area contributed by atoms with Crippen molar-refractivity contribution in [2.75, 3.05) is 0 Å². The minimum absolute atomic E-state index is 0.426. The number of carboxylic acid groups (broad SMARTS) is 2. The molecule has 0 saturated heterocycles. The SMILES string of the molecule is CC1=C(C)C(C(=O)O)(C(=O)O)C=C1[Si](C)(C)C. The first kappa shape index (κ1) is 13.7. The maximum Gasteiger partial charge on any atom is 0.329 e. The lowest BCUT2D eigenvalue weighted by atomic mass is 9.83. The van der Waals surface area contributed by atoms with Gasteiger partial charge in [-0.15, -0.1) is 0 Å². The molecule has 2 N–H and O–H groups in total. The fourth-order valence-corrected chi connectivity index (χ4v) is 4.21. The van der Waals surface area contributed by atoms with Crippen LogP contribution < -0.4 is 0 Å². The molecule has 0 radical (unpaired) electrons. The first-order valence-electron chi connectivity index (χ1n) is 5.43. The van der Waals surface area contributed by atoms with Crippen LogP contribution in [0, 0.1) is 5.41 Å². The number of carboxylic acids is 2. The molecule has 0 heterocycles. The van der Waals surface area contributed by atoms with Crippen LogP contribution >= 0.6 is 0 Å². The molecule has 1 aliphatic carbocycles. The molecule has 4 nitrogen and oxygen atoms in total. The summed E-state index contributed by atoms with van der Waals surface area (Å²) in [5, 5.41) is 19.5. The fraction of sp³-hybridized carbons (Fsp3) is 0.500. The van der Waals surface area contributed by atoms with Crippen molar-refractivity contribution in [2.45, 2.75) is 33.5 Å². The van der Waals surface area contributed by atoms with Crippen LogP contribution in [0.3, 0.4) is 0 Å². The molecule has 0 spiro atoms. The van der Waals surface area contributed by atoms with E-state index in [4.69, 9.17) is 0 Å². The minimum Gasteiger partial charge on any atom is -0.480 e. The van der Waals surface area contributed by atoms with Gasteiger partial charge in [0.1, 0.15) is 0 Å². The van der Waals surface area contributed by atoms with Crippen LogP contribution in [-0.4, -0.2) is 30.2 Å². The quantitative estimate of drug-likeness (QED) is 0.598. The Balaban J connectivity index is 3.55. The van der Waals surface area contributed by atoms with Gasteiger partial charge in [-0.1, -0.05) is 36.5 Å². The van der Waals surface area contributed by atoms with E-state index in [0.29, 0.717) is 5.57 Å². The highest BCUT2D eigenvalue weighted by molar-refractivity contribution is 6.84. The number of carbonyl (C=O) groups is 2. The Morgan fingerprint density at radius 1 is 1.12 bits per heavy atom. The second-order valence-electron chi connectivity index (χ2n) is 5.48. The maximum absolute atomic E-state index is 11.3. The van der Waals surface area contributed by atoms with Crippen LogP contribution in [0.5, 0.6) is 0 Å². The van der Waals surface area contributed by atoms with Gasteiger partial charge in [0.05, 0.1) is 8.07 Å². The van der Waals surface area contributed by atoms with Crippen LogP contribution in [0.2, 0.25) is 19.6 Å². The molecule has 1 aliphatic rings. The Labute approximate surface area is 102 Å². The Morgan fingerprint density at radius 3 is 1.71 bits per heavy atom. The topological polar surface area (TPSA) is 74.6 Å². The molecule has 0 fully saturated rings. The average molecular weight is 254 g/mol. The first-order chi connectivity index (χ1) is 7.55. The van der Waals surface area contributed by atoms with E-state index in [0.717, 1.165) is 10.8 Å². The van der Waals surface area contributed by atoms with Gasteiger partial charge in [-0.25, -0.2) is 0 Å². The monoisotopic (exact) mass is 254 g/mol. The molecule has 0 aromatic rings. The summed E-state index contributed by atoms with van der Waals surface area (Å²) in [6.07, 6.45) is 1.44. The van der Waals surface area contributed by atoms with E-state index in [1.54, 1.807) is 6.92 Å². The molecule has 0 unspecified atom stereocenters. The third kappa shape index (κ3) is 1.84. The molecular weight excluding hydrogens is 236 g/mol. The standard InChI is InChI=1S/C12H18O4Si/c1-7-8(2)12(10(13)14,11(15)16)6-9(7)17(3,4)5/h6H,1-5H3,(H,13,14)(H,15,16). The third-order valence-electron chi connectivity index (χ3n) is 3.40. The van der Waals surface area contributed by atoms with E-state index in [9.17, 15) is 19.8 Å². The summed E-state index contributed by atoms with van der Waals surface area (Å²) in [5.74, 6) is -2.62. The van der Waals surface area contributed by atoms with E-state index in [1.165, 1.54) is 6.08 Å². The molecular formula is C12H18O4Si. The largest absolute Gasteiger partial charge is 0.480 e.